The van der Waals surface area contributed by atoms with Crippen LogP contribution in [-0.4, -0.2) is 30.7 Å². The molecular formula is C11H15N3. The standard InChI is InChI=1S/C11H15N3/c1-8-2-3-10(5-13-8)14-7-9-4-12-6-11(9)14/h2-3,5,9,11-12H,4,6-7H2,1H3. The number of hydrogen-bond acceptors (Lipinski definition) is 3. The second-order valence-electron chi connectivity index (χ2n) is 4.30. The van der Waals surface area contributed by atoms with Crippen LogP contribution in [0.15, 0.2) is 18.3 Å². The number of rotatable bonds is 1. The van der Waals surface area contributed by atoms with Crippen molar-refractivity contribution in [3.63, 3.8) is 0 Å². The maximum atomic E-state index is 4.33. The largest absolute Gasteiger partial charge is 0.365 e. The van der Waals surface area contributed by atoms with Gasteiger partial charge in [-0.25, -0.2) is 0 Å². The number of hydrogen-bond donors (Lipinski definition) is 1. The van der Waals surface area contributed by atoms with Crippen molar-refractivity contribution in [2.24, 2.45) is 5.92 Å². The third-order valence-electron chi connectivity index (χ3n) is 3.36. The summed E-state index contributed by atoms with van der Waals surface area (Å²) in [5.41, 5.74) is 2.37. The van der Waals surface area contributed by atoms with Crippen molar-refractivity contribution in [2.75, 3.05) is 24.5 Å². The molecule has 0 radical (unpaired) electrons. The Balaban J connectivity index is 1.80. The first-order valence-corrected chi connectivity index (χ1v) is 5.24. The molecule has 14 heavy (non-hydrogen) atoms. The summed E-state index contributed by atoms with van der Waals surface area (Å²) in [4.78, 5) is 6.79. The topological polar surface area (TPSA) is 28.2 Å². The highest BCUT2D eigenvalue weighted by Gasteiger charge is 2.41. The third kappa shape index (κ3) is 1.12. The molecule has 0 aliphatic carbocycles. The lowest BCUT2D eigenvalue weighted by molar-refractivity contribution is 0.365. The molecule has 0 saturated carbocycles. The summed E-state index contributed by atoms with van der Waals surface area (Å²) in [6, 6.07) is 4.99. The summed E-state index contributed by atoms with van der Waals surface area (Å²) >= 11 is 0. The van der Waals surface area contributed by atoms with Crippen LogP contribution in [-0.2, 0) is 0 Å². The van der Waals surface area contributed by atoms with Gasteiger partial charge in [0.25, 0.3) is 0 Å². The summed E-state index contributed by atoms with van der Waals surface area (Å²) in [7, 11) is 0. The van der Waals surface area contributed by atoms with Crippen molar-refractivity contribution >= 4 is 5.69 Å². The fourth-order valence-corrected chi connectivity index (χ4v) is 2.45. The molecular weight excluding hydrogens is 174 g/mol. The van der Waals surface area contributed by atoms with Gasteiger partial charge >= 0.3 is 0 Å². The van der Waals surface area contributed by atoms with Gasteiger partial charge in [-0.05, 0) is 19.1 Å². The van der Waals surface area contributed by atoms with Crippen LogP contribution in [0.25, 0.3) is 0 Å². The molecule has 3 heterocycles. The van der Waals surface area contributed by atoms with Crippen LogP contribution in [0, 0.1) is 12.8 Å². The predicted octanol–water partition coefficient (Wildman–Crippen LogP) is 0.798. The fourth-order valence-electron chi connectivity index (χ4n) is 2.45. The van der Waals surface area contributed by atoms with Crippen molar-refractivity contribution in [2.45, 2.75) is 13.0 Å². The van der Waals surface area contributed by atoms with Gasteiger partial charge in [0.2, 0.25) is 0 Å². The van der Waals surface area contributed by atoms with Gasteiger partial charge < -0.3 is 10.2 Å². The summed E-state index contributed by atoms with van der Waals surface area (Å²) in [6.45, 7) is 5.56. The van der Waals surface area contributed by atoms with Gasteiger partial charge in [0.1, 0.15) is 0 Å². The highest BCUT2D eigenvalue weighted by Crippen LogP contribution is 2.32. The third-order valence-corrected chi connectivity index (χ3v) is 3.36. The molecule has 3 heteroatoms. The Labute approximate surface area is 84.1 Å². The molecule has 2 unspecified atom stereocenters. The lowest BCUT2D eigenvalue weighted by Crippen LogP contribution is -2.55. The number of aryl methyl sites for hydroxylation is 1. The van der Waals surface area contributed by atoms with Crippen molar-refractivity contribution in [3.8, 4) is 0 Å². The minimum absolute atomic E-state index is 0.722. The van der Waals surface area contributed by atoms with Crippen LogP contribution in [0.3, 0.4) is 0 Å². The SMILES string of the molecule is Cc1ccc(N2CC3CNCC32)cn1. The van der Waals surface area contributed by atoms with Crippen LogP contribution < -0.4 is 10.2 Å². The van der Waals surface area contributed by atoms with Crippen molar-refractivity contribution in [1.82, 2.24) is 10.3 Å². The summed E-state index contributed by atoms with van der Waals surface area (Å²) < 4.78 is 0. The Bertz CT molecular complexity index is 333. The van der Waals surface area contributed by atoms with E-state index in [0.717, 1.165) is 24.2 Å². The zero-order valence-electron chi connectivity index (χ0n) is 8.40. The van der Waals surface area contributed by atoms with Gasteiger partial charge in [-0.1, -0.05) is 0 Å². The fraction of sp³-hybridized carbons (Fsp3) is 0.545. The molecule has 1 N–H and O–H groups in total. The van der Waals surface area contributed by atoms with E-state index in [1.807, 2.05) is 13.1 Å². The van der Waals surface area contributed by atoms with Crippen LogP contribution in [0.2, 0.25) is 0 Å². The van der Waals surface area contributed by atoms with Crippen molar-refractivity contribution < 1.29 is 0 Å². The zero-order chi connectivity index (χ0) is 9.54. The number of anilines is 1. The molecule has 74 valence electrons. The first kappa shape index (κ1) is 8.24. The summed E-state index contributed by atoms with van der Waals surface area (Å²) in [5.74, 6) is 0.872. The smallest absolute Gasteiger partial charge is 0.0556 e. The molecule has 0 bridgehead atoms. The molecule has 2 saturated heterocycles. The number of pyridine rings is 1. The highest BCUT2D eigenvalue weighted by molar-refractivity contribution is 5.49. The number of aromatic nitrogens is 1. The molecule has 3 nitrogen and oxygen atoms in total. The van der Waals surface area contributed by atoms with E-state index >= 15 is 0 Å². The molecule has 2 fully saturated rings. The van der Waals surface area contributed by atoms with E-state index in [-0.39, 0.29) is 0 Å². The van der Waals surface area contributed by atoms with Gasteiger partial charge in [-0.3, -0.25) is 4.98 Å². The first-order valence-electron chi connectivity index (χ1n) is 5.24. The van der Waals surface area contributed by atoms with E-state index in [9.17, 15) is 0 Å². The second-order valence-corrected chi connectivity index (χ2v) is 4.30. The lowest BCUT2D eigenvalue weighted by atomic mass is 9.91. The van der Waals surface area contributed by atoms with Gasteiger partial charge in [-0.15, -0.1) is 0 Å². The zero-order valence-corrected chi connectivity index (χ0v) is 8.40. The molecule has 1 aromatic heterocycles. The molecule has 1 aromatic rings. The predicted molar refractivity (Wildman–Crippen MR) is 56.5 cm³/mol. The Morgan fingerprint density at radius 2 is 2.36 bits per heavy atom. The quantitative estimate of drug-likeness (QED) is 0.708. The van der Waals surface area contributed by atoms with E-state index in [1.54, 1.807) is 0 Å². The number of nitrogens with one attached hydrogen (secondary N) is 1. The van der Waals surface area contributed by atoms with E-state index < -0.39 is 0 Å². The van der Waals surface area contributed by atoms with E-state index in [2.05, 4.69) is 27.3 Å². The van der Waals surface area contributed by atoms with Gasteiger partial charge in [0, 0.05) is 37.3 Å². The first-order chi connectivity index (χ1) is 6.84. The highest BCUT2D eigenvalue weighted by atomic mass is 15.3. The Morgan fingerprint density at radius 3 is 3.07 bits per heavy atom. The van der Waals surface area contributed by atoms with E-state index in [0.29, 0.717) is 0 Å². The molecule has 0 amide bonds. The van der Waals surface area contributed by atoms with Gasteiger partial charge in [-0.2, -0.15) is 0 Å². The van der Waals surface area contributed by atoms with Gasteiger partial charge in [0.05, 0.1) is 11.9 Å². The maximum absolute atomic E-state index is 4.33. The van der Waals surface area contributed by atoms with Crippen molar-refractivity contribution in [3.05, 3.63) is 24.0 Å². The molecule has 0 spiro atoms. The lowest BCUT2D eigenvalue weighted by Gasteiger charge is -2.45. The summed E-state index contributed by atoms with van der Waals surface area (Å²) in [5, 5.41) is 3.43. The Morgan fingerprint density at radius 1 is 1.43 bits per heavy atom. The average molecular weight is 189 g/mol. The van der Waals surface area contributed by atoms with Crippen LogP contribution in [0.4, 0.5) is 5.69 Å². The van der Waals surface area contributed by atoms with Crippen LogP contribution in [0.1, 0.15) is 5.69 Å². The normalized spacial score (nSPS) is 29.9. The number of fused-ring (bicyclic) bond motifs is 1. The number of nitrogens with zero attached hydrogens (tertiary/aromatic N) is 2. The molecule has 2 aliphatic rings. The maximum Gasteiger partial charge on any atom is 0.0556 e. The molecule has 2 atom stereocenters. The average Bonchev–Trinajstić information content (AvgIpc) is 2.52. The summed E-state index contributed by atoms with van der Waals surface area (Å²) in [6.07, 6.45) is 1.99. The monoisotopic (exact) mass is 189 g/mol. The van der Waals surface area contributed by atoms with Crippen LogP contribution in [0.5, 0.6) is 0 Å². The Kier molecular flexibility index (Phi) is 1.74. The van der Waals surface area contributed by atoms with E-state index in [4.69, 9.17) is 0 Å². The minimum atomic E-state index is 0.722. The van der Waals surface area contributed by atoms with Crippen LogP contribution >= 0.6 is 0 Å². The Hall–Kier alpha value is -1.09. The van der Waals surface area contributed by atoms with E-state index in [1.165, 1.54) is 18.8 Å². The van der Waals surface area contributed by atoms with Crippen molar-refractivity contribution in [1.29, 1.82) is 0 Å². The molecule has 2 aliphatic heterocycles. The molecule has 3 rings (SSSR count). The second kappa shape index (κ2) is 2.95. The molecule has 0 aromatic carbocycles. The minimum Gasteiger partial charge on any atom is -0.365 e. The van der Waals surface area contributed by atoms with Gasteiger partial charge in [0.15, 0.2) is 0 Å².